The minimum absolute atomic E-state index is 0.0356. The van der Waals surface area contributed by atoms with E-state index in [4.69, 9.17) is 0 Å². The number of benzene rings is 16. The smallest absolute Gasteiger partial charge is 0.488 e. The van der Waals surface area contributed by atoms with Gasteiger partial charge >= 0.3 is 22.1 Å². The maximum Gasteiger partial charge on any atom is 0.488 e. The van der Waals surface area contributed by atoms with Gasteiger partial charge < -0.3 is 30.3 Å². The molecular formula is C105H72B4O6. The van der Waals surface area contributed by atoms with Crippen LogP contribution in [0.15, 0.2) is 352 Å². The Labute approximate surface area is 671 Å². The Morgan fingerprint density at radius 3 is 0.861 bits per heavy atom. The number of aromatic hydroxyl groups is 2. The highest BCUT2D eigenvalue weighted by Crippen LogP contribution is 2.54. The molecular weight excluding hydrogens is 1400 g/mol. The van der Waals surface area contributed by atoms with E-state index in [1.54, 1.807) is 24.3 Å². The quantitative estimate of drug-likeness (QED) is 0.0449. The standard InChI is InChI=1S/C105H72B4O6/c106-79-13-5-9-63(49-79)53-95-87-19-3-1-17-85(87)89-43-29-71(57-99(89)95)67-21-33-75(34-22-67)105(76-35-23-68(24-36-76)72-30-44-90-86-18-2-4-20-88(86)96(100(90)58-72)54-64-10-6-14-80(50-64)107-112,77-37-25-69(26-38-77)73-31-45-91-93-47-41-83(110)61-103(93)97(101(91)59-73)55-65-11-7-15-81(51-65)108-113)78-39-27-70(28-40-78)74-32-46-92-94-48-42-84(111)62-104(94)98(102(92)60-74)56-66-12-8-16-82(52-66)109(114)115/h1-62,107-108,110-115H,106H2/b95-53+,96-54+,97-55-,98-56-. The fourth-order valence-electron chi connectivity index (χ4n) is 18.3. The molecule has 0 saturated heterocycles. The first-order valence-corrected chi connectivity index (χ1v) is 39.1. The van der Waals surface area contributed by atoms with E-state index < -0.39 is 12.5 Å². The largest absolute Gasteiger partial charge is 0.508 e. The van der Waals surface area contributed by atoms with Gasteiger partial charge in [-0.2, -0.15) is 0 Å². The van der Waals surface area contributed by atoms with E-state index in [9.17, 15) is 30.3 Å². The minimum atomic E-state index is -1.63. The Hall–Kier alpha value is -13.8. The van der Waals surface area contributed by atoms with Crippen molar-refractivity contribution >= 4 is 98.4 Å². The third-order valence-electron chi connectivity index (χ3n) is 23.8. The zero-order valence-corrected chi connectivity index (χ0v) is 63.0. The Morgan fingerprint density at radius 2 is 0.522 bits per heavy atom. The molecule has 6 nitrogen and oxygen atoms in total. The van der Waals surface area contributed by atoms with E-state index >= 15 is 0 Å². The second kappa shape index (κ2) is 28.7. The van der Waals surface area contributed by atoms with Crippen LogP contribution in [-0.2, 0) is 5.41 Å². The Kier molecular flexibility index (Phi) is 17.6. The monoisotopic (exact) mass is 1470 g/mol. The van der Waals surface area contributed by atoms with Crippen molar-refractivity contribution in [3.63, 3.8) is 0 Å². The van der Waals surface area contributed by atoms with Crippen LogP contribution in [0.25, 0.3) is 136 Å². The van der Waals surface area contributed by atoms with Crippen molar-refractivity contribution in [1.29, 1.82) is 0 Å². The number of phenolic OH excluding ortho intramolecular Hbond substituents is 2. The summed E-state index contributed by atoms with van der Waals surface area (Å²) in [4.78, 5) is 0. The first-order valence-electron chi connectivity index (χ1n) is 39.1. The van der Waals surface area contributed by atoms with Crippen LogP contribution in [0.2, 0.25) is 0 Å². The molecule has 0 radical (unpaired) electrons. The van der Waals surface area contributed by atoms with Gasteiger partial charge in [0.05, 0.1) is 5.41 Å². The van der Waals surface area contributed by atoms with Crippen LogP contribution in [0.1, 0.15) is 89.0 Å². The number of phenols is 2. The van der Waals surface area contributed by atoms with Gasteiger partial charge in [0.1, 0.15) is 19.3 Å². The van der Waals surface area contributed by atoms with Crippen molar-refractivity contribution in [2.24, 2.45) is 0 Å². The van der Waals surface area contributed by atoms with Crippen molar-refractivity contribution in [3.05, 3.63) is 441 Å². The molecule has 6 N–H and O–H groups in total. The lowest BCUT2D eigenvalue weighted by Crippen LogP contribution is -2.31. The molecule has 0 spiro atoms. The SMILES string of the molecule is Bc1cccc(/C=C2\c3ccccc3-c3ccc(-c4ccc(C(c5ccc(-c6ccc7c(c6)/C(=C/c6cccc(BO)c6)c6cc(O)ccc6-7)cc5)(c5ccc(-c6ccc7c(c6)/C(=C/c6cccc(B(O)O)c6)c6cc(O)ccc6-7)cc5)c5ccc(-c6ccc7c(c6)/C(=C/c6cccc(BO)c6)c6ccccc6-7)cc5)cc4)cc32)c1. The van der Waals surface area contributed by atoms with Gasteiger partial charge in [-0.3, -0.25) is 0 Å². The van der Waals surface area contributed by atoms with Gasteiger partial charge in [0, 0.05) is 0 Å². The summed E-state index contributed by atoms with van der Waals surface area (Å²) in [5.74, 6) is 0.352. The Balaban J connectivity index is 0.758. The van der Waals surface area contributed by atoms with Gasteiger partial charge in [-0.25, -0.2) is 0 Å². The molecule has 0 aromatic heterocycles. The van der Waals surface area contributed by atoms with Gasteiger partial charge in [0.25, 0.3) is 0 Å². The average molecular weight is 1470 g/mol. The molecule has 16 aromatic carbocycles. The molecule has 0 bridgehead atoms. The number of fused-ring (bicyclic) bond motifs is 12. The highest BCUT2D eigenvalue weighted by molar-refractivity contribution is 6.58. The first kappa shape index (κ1) is 70.3. The molecule has 0 saturated carbocycles. The molecule has 20 rings (SSSR count). The van der Waals surface area contributed by atoms with Gasteiger partial charge in [0.15, 0.2) is 0 Å². The van der Waals surface area contributed by atoms with Gasteiger partial charge in [0.2, 0.25) is 0 Å². The predicted octanol–water partition coefficient (Wildman–Crippen LogP) is 18.3. The third kappa shape index (κ3) is 12.5. The second-order valence-corrected chi connectivity index (χ2v) is 30.6. The molecule has 1 atom stereocenters. The Bertz CT molecular complexity index is 6780. The topological polar surface area (TPSA) is 121 Å². The summed E-state index contributed by atoms with van der Waals surface area (Å²) >= 11 is 0. The van der Waals surface area contributed by atoms with Crippen molar-refractivity contribution in [2.75, 3.05) is 0 Å². The van der Waals surface area contributed by atoms with Gasteiger partial charge in [-0.1, -0.05) is 320 Å². The fourth-order valence-corrected chi connectivity index (χ4v) is 18.3. The van der Waals surface area contributed by atoms with E-state index in [-0.39, 0.29) is 26.5 Å². The second-order valence-electron chi connectivity index (χ2n) is 30.6. The predicted molar refractivity (Wildman–Crippen MR) is 481 cm³/mol. The molecule has 0 heterocycles. The van der Waals surface area contributed by atoms with E-state index in [0.717, 1.165) is 167 Å². The van der Waals surface area contributed by atoms with Gasteiger partial charge in [-0.05, 0) is 279 Å². The van der Waals surface area contributed by atoms with Crippen molar-refractivity contribution < 1.29 is 30.3 Å². The zero-order valence-electron chi connectivity index (χ0n) is 63.0. The van der Waals surface area contributed by atoms with Crippen molar-refractivity contribution in [3.8, 4) is 101 Å². The molecule has 4 aliphatic rings. The van der Waals surface area contributed by atoms with Crippen LogP contribution >= 0.6 is 0 Å². The molecule has 0 fully saturated rings. The molecule has 0 aliphatic heterocycles. The highest BCUT2D eigenvalue weighted by Gasteiger charge is 2.40. The lowest BCUT2D eigenvalue weighted by molar-refractivity contribution is 0.425. The molecule has 1 unspecified atom stereocenters. The van der Waals surface area contributed by atoms with Crippen LogP contribution in [0.4, 0.5) is 0 Å². The van der Waals surface area contributed by atoms with E-state index in [1.807, 2.05) is 66.7 Å². The lowest BCUT2D eigenvalue weighted by Gasteiger charge is -2.37. The van der Waals surface area contributed by atoms with Crippen LogP contribution < -0.4 is 21.9 Å². The summed E-state index contributed by atoms with van der Waals surface area (Å²) in [6.45, 7) is 0. The number of hydrogen-bond donors (Lipinski definition) is 6. The van der Waals surface area contributed by atoms with Crippen LogP contribution in [0.5, 0.6) is 11.5 Å². The summed E-state index contributed by atoms with van der Waals surface area (Å²) < 4.78 is 0. The molecule has 16 aromatic rings. The summed E-state index contributed by atoms with van der Waals surface area (Å²) in [7, 11) is 0.412. The molecule has 10 heteroatoms. The summed E-state index contributed by atoms with van der Waals surface area (Å²) in [5.41, 5.74) is 40.8. The summed E-state index contributed by atoms with van der Waals surface area (Å²) in [6.07, 6.45) is 8.81. The lowest BCUT2D eigenvalue weighted by atomic mass is 9.64. The summed E-state index contributed by atoms with van der Waals surface area (Å²) in [6, 6.07) is 124. The van der Waals surface area contributed by atoms with E-state index in [2.05, 4.69) is 293 Å². The first-order chi connectivity index (χ1) is 56.4. The third-order valence-corrected chi connectivity index (χ3v) is 23.8. The normalized spacial score (nSPS) is 14.3. The van der Waals surface area contributed by atoms with Crippen LogP contribution in [0, 0.1) is 0 Å². The average Bonchev–Trinajstić information content (AvgIpc) is 1.66. The molecule has 115 heavy (non-hydrogen) atoms. The molecule has 4 aliphatic carbocycles. The van der Waals surface area contributed by atoms with Crippen molar-refractivity contribution in [1.82, 2.24) is 0 Å². The Morgan fingerprint density at radius 1 is 0.243 bits per heavy atom. The van der Waals surface area contributed by atoms with E-state index in [0.29, 0.717) is 5.46 Å². The molecule has 0 amide bonds. The summed E-state index contributed by atoms with van der Waals surface area (Å²) in [5, 5.41) is 62.9. The maximum atomic E-state index is 11.0. The number of hydrogen-bond acceptors (Lipinski definition) is 6. The van der Waals surface area contributed by atoms with Gasteiger partial charge in [-0.15, -0.1) is 0 Å². The zero-order chi connectivity index (χ0) is 77.6. The molecule has 540 valence electrons. The van der Waals surface area contributed by atoms with Crippen molar-refractivity contribution in [2.45, 2.75) is 5.41 Å². The van der Waals surface area contributed by atoms with E-state index in [1.165, 1.54) is 50.0 Å². The van der Waals surface area contributed by atoms with Crippen LogP contribution in [-0.4, -0.2) is 60.2 Å². The highest BCUT2D eigenvalue weighted by atomic mass is 16.4. The maximum absolute atomic E-state index is 11.0. The number of rotatable bonds is 15. The minimum Gasteiger partial charge on any atom is -0.508 e. The fraction of sp³-hybridized carbons (Fsp3) is 0.00952. The van der Waals surface area contributed by atoms with Crippen LogP contribution in [0.3, 0.4) is 0 Å².